The van der Waals surface area contributed by atoms with Crippen LogP contribution in [-0.4, -0.2) is 22.3 Å². The number of benzene rings is 1. The fourth-order valence-electron chi connectivity index (χ4n) is 1.82. The monoisotopic (exact) mass is 194 g/mol. The molecule has 0 aromatic heterocycles. The Hall–Kier alpha value is -1.11. The van der Waals surface area contributed by atoms with Crippen LogP contribution in [0.4, 0.5) is 0 Å². The molecule has 0 bridgehead atoms. The number of hydrogen-bond acceptors (Lipinski definition) is 1. The van der Waals surface area contributed by atoms with Crippen LogP contribution in [0.2, 0.25) is 0 Å². The maximum Gasteiger partial charge on any atom is 0.123 e. The molecule has 0 N–H and O–H groups in total. The van der Waals surface area contributed by atoms with Crippen molar-refractivity contribution in [3.63, 3.8) is 0 Å². The molecule has 1 aromatic carbocycles. The summed E-state index contributed by atoms with van der Waals surface area (Å²) in [6.07, 6.45) is 1.76. The Morgan fingerprint density at radius 1 is 1.40 bits per heavy atom. The number of rotatable bonds is 1. The van der Waals surface area contributed by atoms with Gasteiger partial charge in [-0.15, -0.1) is 0 Å². The molecular formula is C12H12B2O. The highest BCUT2D eigenvalue weighted by Gasteiger charge is 2.31. The largest absolute Gasteiger partial charge is 0.492 e. The Morgan fingerprint density at radius 2 is 2.13 bits per heavy atom. The molecule has 1 aliphatic heterocycles. The van der Waals surface area contributed by atoms with Crippen molar-refractivity contribution in [3.05, 3.63) is 34.7 Å². The predicted octanol–water partition coefficient (Wildman–Crippen LogP) is 1.99. The van der Waals surface area contributed by atoms with E-state index in [0.29, 0.717) is 5.37 Å². The topological polar surface area (TPSA) is 9.23 Å². The first-order valence-electron chi connectivity index (χ1n) is 4.99. The van der Waals surface area contributed by atoms with Crippen molar-refractivity contribution in [1.29, 1.82) is 0 Å². The van der Waals surface area contributed by atoms with E-state index in [1.165, 1.54) is 5.56 Å². The van der Waals surface area contributed by atoms with Crippen molar-refractivity contribution in [3.8, 4) is 5.75 Å². The molecular weight excluding hydrogens is 182 g/mol. The van der Waals surface area contributed by atoms with E-state index in [-0.39, 0.29) is 5.41 Å². The van der Waals surface area contributed by atoms with E-state index < -0.39 is 0 Å². The third-order valence-corrected chi connectivity index (χ3v) is 2.65. The number of hydrogen-bond donors (Lipinski definition) is 0. The summed E-state index contributed by atoms with van der Waals surface area (Å²) in [5, 5.41) is 0.326. The molecule has 15 heavy (non-hydrogen) atoms. The van der Waals surface area contributed by atoms with Gasteiger partial charge in [-0.1, -0.05) is 26.0 Å². The summed E-state index contributed by atoms with van der Waals surface area (Å²) in [5.74, 6) is 0.966. The second-order valence-electron chi connectivity index (χ2n) is 4.57. The van der Waals surface area contributed by atoms with Gasteiger partial charge in [-0.05, 0) is 17.7 Å². The average Bonchev–Trinajstić information content (AvgIpc) is 2.42. The van der Waals surface area contributed by atoms with Crippen LogP contribution < -0.4 is 4.74 Å². The van der Waals surface area contributed by atoms with Gasteiger partial charge < -0.3 is 4.74 Å². The van der Waals surface area contributed by atoms with Gasteiger partial charge in [-0.3, -0.25) is 0 Å². The van der Waals surface area contributed by atoms with Crippen molar-refractivity contribution in [2.75, 3.05) is 6.61 Å². The lowest BCUT2D eigenvalue weighted by Crippen LogP contribution is -2.18. The fraction of sp³-hybridized carbons (Fsp3) is 0.333. The maximum atomic E-state index is 5.59. The first-order valence-corrected chi connectivity index (χ1v) is 4.99. The maximum absolute atomic E-state index is 5.59. The second kappa shape index (κ2) is 3.48. The SMILES string of the molecule is [B]C([B])=Cc1ccc2c(c1)C(C)(C)CO2. The molecule has 1 aromatic rings. The van der Waals surface area contributed by atoms with E-state index in [2.05, 4.69) is 19.9 Å². The van der Waals surface area contributed by atoms with Crippen molar-refractivity contribution in [2.24, 2.45) is 0 Å². The molecule has 0 fully saturated rings. The minimum Gasteiger partial charge on any atom is -0.492 e. The molecule has 0 spiro atoms. The average molecular weight is 194 g/mol. The van der Waals surface area contributed by atoms with Crippen LogP contribution >= 0.6 is 0 Å². The van der Waals surface area contributed by atoms with Crippen molar-refractivity contribution < 1.29 is 4.74 Å². The van der Waals surface area contributed by atoms with Gasteiger partial charge in [-0.25, -0.2) is 0 Å². The molecule has 72 valence electrons. The smallest absolute Gasteiger partial charge is 0.123 e. The predicted molar refractivity (Wildman–Crippen MR) is 64.4 cm³/mol. The Balaban J connectivity index is 2.46. The lowest BCUT2D eigenvalue weighted by atomic mass is 9.77. The molecule has 1 aliphatic rings. The van der Waals surface area contributed by atoms with Crippen LogP contribution in [0.3, 0.4) is 0 Å². The number of ether oxygens (including phenoxy) is 1. The molecule has 1 heterocycles. The quantitative estimate of drug-likeness (QED) is 0.621. The van der Waals surface area contributed by atoms with Crippen LogP contribution in [-0.2, 0) is 5.41 Å². The summed E-state index contributed by atoms with van der Waals surface area (Å²) < 4.78 is 5.59. The molecule has 0 aliphatic carbocycles. The molecule has 0 saturated carbocycles. The van der Waals surface area contributed by atoms with Crippen LogP contribution in [0, 0.1) is 0 Å². The molecule has 2 rings (SSSR count). The highest BCUT2D eigenvalue weighted by Crippen LogP contribution is 2.38. The summed E-state index contributed by atoms with van der Waals surface area (Å²) >= 11 is 0. The highest BCUT2D eigenvalue weighted by atomic mass is 16.5. The van der Waals surface area contributed by atoms with E-state index in [1.54, 1.807) is 6.08 Å². The zero-order chi connectivity index (χ0) is 11.1. The van der Waals surface area contributed by atoms with Crippen molar-refractivity contribution in [2.45, 2.75) is 19.3 Å². The third kappa shape index (κ3) is 1.97. The zero-order valence-corrected chi connectivity index (χ0v) is 9.08. The first kappa shape index (κ1) is 10.4. The Labute approximate surface area is 93.3 Å². The standard InChI is InChI=1S/C12H12B2O/c1-12(2)7-15-10-4-3-8(5-9(10)12)6-11(13)14/h3-6H,7H2,1-2H3. The third-order valence-electron chi connectivity index (χ3n) is 2.65. The summed E-state index contributed by atoms with van der Waals surface area (Å²) in [7, 11) is 10.9. The van der Waals surface area contributed by atoms with Crippen molar-refractivity contribution in [1.82, 2.24) is 0 Å². The molecule has 0 atom stereocenters. The number of fused-ring (bicyclic) bond motifs is 1. The van der Waals surface area contributed by atoms with Crippen molar-refractivity contribution >= 4 is 21.8 Å². The zero-order valence-electron chi connectivity index (χ0n) is 9.08. The minimum atomic E-state index is 0.0720. The molecule has 0 saturated heterocycles. The van der Waals surface area contributed by atoms with Gasteiger partial charge in [0.05, 0.1) is 22.3 Å². The van der Waals surface area contributed by atoms with Gasteiger partial charge in [0, 0.05) is 11.0 Å². The molecule has 4 radical (unpaired) electrons. The van der Waals surface area contributed by atoms with Gasteiger partial charge in [0.15, 0.2) is 0 Å². The first-order chi connectivity index (χ1) is 6.99. The van der Waals surface area contributed by atoms with E-state index in [4.69, 9.17) is 20.4 Å². The van der Waals surface area contributed by atoms with E-state index in [9.17, 15) is 0 Å². The van der Waals surface area contributed by atoms with Gasteiger partial charge in [-0.2, -0.15) is 5.37 Å². The minimum absolute atomic E-state index is 0.0720. The van der Waals surface area contributed by atoms with E-state index in [1.807, 2.05) is 12.1 Å². The van der Waals surface area contributed by atoms with E-state index >= 15 is 0 Å². The molecule has 3 heteroatoms. The van der Waals surface area contributed by atoms with Gasteiger partial charge in [0.2, 0.25) is 0 Å². The highest BCUT2D eigenvalue weighted by molar-refractivity contribution is 6.50. The Kier molecular flexibility index (Phi) is 2.41. The lowest BCUT2D eigenvalue weighted by Gasteiger charge is -2.15. The van der Waals surface area contributed by atoms with Gasteiger partial charge >= 0.3 is 0 Å². The summed E-state index contributed by atoms with van der Waals surface area (Å²) in [4.78, 5) is 0. The Bertz CT molecular complexity index is 418. The van der Waals surface area contributed by atoms with Crippen LogP contribution in [0.15, 0.2) is 23.6 Å². The summed E-state index contributed by atoms with van der Waals surface area (Å²) in [6, 6.07) is 6.01. The summed E-state index contributed by atoms with van der Waals surface area (Å²) in [5.41, 5.74) is 2.31. The lowest BCUT2D eigenvalue weighted by molar-refractivity contribution is 0.291. The van der Waals surface area contributed by atoms with Gasteiger partial charge in [0.1, 0.15) is 5.75 Å². The normalized spacial score (nSPS) is 16.7. The summed E-state index contributed by atoms with van der Waals surface area (Å²) in [6.45, 7) is 5.06. The van der Waals surface area contributed by atoms with Crippen LogP contribution in [0.1, 0.15) is 25.0 Å². The van der Waals surface area contributed by atoms with Crippen LogP contribution in [0.25, 0.3) is 6.08 Å². The van der Waals surface area contributed by atoms with E-state index in [0.717, 1.165) is 17.9 Å². The second-order valence-corrected chi connectivity index (χ2v) is 4.57. The molecule has 0 unspecified atom stereocenters. The van der Waals surface area contributed by atoms with Crippen LogP contribution in [0.5, 0.6) is 5.75 Å². The fourth-order valence-corrected chi connectivity index (χ4v) is 1.82. The molecule has 1 nitrogen and oxygen atoms in total. The Morgan fingerprint density at radius 3 is 2.80 bits per heavy atom. The van der Waals surface area contributed by atoms with Gasteiger partial charge in [0.25, 0.3) is 0 Å². The molecule has 0 amide bonds.